The number of hydrogen-bond donors (Lipinski definition) is 2. The normalized spacial score (nSPS) is 14.8. The average Bonchev–Trinajstić information content (AvgIpc) is 3.22. The second-order valence-electron chi connectivity index (χ2n) is 8.18. The summed E-state index contributed by atoms with van der Waals surface area (Å²) < 4.78 is 5.44. The van der Waals surface area contributed by atoms with Gasteiger partial charge in [0.25, 0.3) is 0 Å². The molecule has 1 aliphatic rings. The van der Waals surface area contributed by atoms with Crippen LogP contribution in [0.3, 0.4) is 0 Å². The minimum Gasteiger partial charge on any atom is -0.338 e. The van der Waals surface area contributed by atoms with Crippen molar-refractivity contribution in [3.8, 4) is 11.4 Å². The first kappa shape index (κ1) is 21.7. The van der Waals surface area contributed by atoms with Crippen LogP contribution in [0.25, 0.3) is 11.4 Å². The molecule has 2 N–H and O–H groups in total. The van der Waals surface area contributed by atoms with E-state index in [9.17, 15) is 9.59 Å². The lowest BCUT2D eigenvalue weighted by Gasteiger charge is -2.30. The molecule has 2 amide bonds. The summed E-state index contributed by atoms with van der Waals surface area (Å²) in [5, 5.41) is 9.80. The van der Waals surface area contributed by atoms with Gasteiger partial charge in [-0.05, 0) is 57.1 Å². The lowest BCUT2D eigenvalue weighted by molar-refractivity contribution is -0.121. The molecule has 8 heteroatoms. The molecule has 1 aromatic heterocycles. The van der Waals surface area contributed by atoms with E-state index < -0.39 is 0 Å². The monoisotopic (exact) mass is 433 g/mol. The molecule has 0 spiro atoms. The summed E-state index contributed by atoms with van der Waals surface area (Å²) in [6.07, 6.45) is 1.52. The van der Waals surface area contributed by atoms with Crippen LogP contribution in [-0.2, 0) is 16.1 Å². The maximum absolute atomic E-state index is 12.7. The smallest absolute Gasteiger partial charge is 0.241 e. The highest BCUT2D eigenvalue weighted by molar-refractivity contribution is 5.94. The quantitative estimate of drug-likeness (QED) is 0.612. The Bertz CT molecular complexity index is 1100. The SMILES string of the molecule is CC(=O)Nc1cccc(NC(=O)C2CCN(Cc3nc(-c4cccc(C)c4)no3)CC2)c1. The Kier molecular flexibility index (Phi) is 6.61. The number of carbonyl (C=O) groups excluding carboxylic acids is 2. The van der Waals surface area contributed by atoms with Crippen LogP contribution in [0.5, 0.6) is 0 Å². The predicted molar refractivity (Wildman–Crippen MR) is 122 cm³/mol. The Labute approximate surface area is 187 Å². The van der Waals surface area contributed by atoms with Crippen LogP contribution in [0, 0.1) is 12.8 Å². The molecule has 0 atom stereocenters. The van der Waals surface area contributed by atoms with Crippen LogP contribution >= 0.6 is 0 Å². The summed E-state index contributed by atoms with van der Waals surface area (Å²) in [6, 6.07) is 15.2. The van der Waals surface area contributed by atoms with E-state index in [0.29, 0.717) is 29.6 Å². The first-order chi connectivity index (χ1) is 15.5. The zero-order valence-electron chi connectivity index (χ0n) is 18.3. The van der Waals surface area contributed by atoms with E-state index in [4.69, 9.17) is 4.52 Å². The van der Waals surface area contributed by atoms with Crippen LogP contribution < -0.4 is 10.6 Å². The number of likely N-dealkylation sites (tertiary alicyclic amines) is 1. The summed E-state index contributed by atoms with van der Waals surface area (Å²) >= 11 is 0. The molecule has 2 aromatic carbocycles. The number of piperidine rings is 1. The van der Waals surface area contributed by atoms with Crippen molar-refractivity contribution in [3.63, 3.8) is 0 Å². The summed E-state index contributed by atoms with van der Waals surface area (Å²) in [7, 11) is 0. The summed E-state index contributed by atoms with van der Waals surface area (Å²) in [4.78, 5) is 30.7. The fourth-order valence-electron chi connectivity index (χ4n) is 3.89. The van der Waals surface area contributed by atoms with Crippen molar-refractivity contribution in [1.82, 2.24) is 15.0 Å². The fraction of sp³-hybridized carbons (Fsp3) is 0.333. The summed E-state index contributed by atoms with van der Waals surface area (Å²) in [6.45, 7) is 5.63. The molecule has 0 radical (unpaired) electrons. The van der Waals surface area contributed by atoms with E-state index in [1.807, 2.05) is 37.3 Å². The van der Waals surface area contributed by atoms with Crippen molar-refractivity contribution in [1.29, 1.82) is 0 Å². The lowest BCUT2D eigenvalue weighted by atomic mass is 9.96. The number of anilines is 2. The minimum atomic E-state index is -0.145. The molecule has 0 saturated carbocycles. The van der Waals surface area contributed by atoms with Gasteiger partial charge in [0.15, 0.2) is 0 Å². The van der Waals surface area contributed by atoms with Gasteiger partial charge in [-0.25, -0.2) is 0 Å². The third-order valence-electron chi connectivity index (χ3n) is 5.51. The van der Waals surface area contributed by atoms with Crippen molar-refractivity contribution in [3.05, 3.63) is 60.0 Å². The maximum Gasteiger partial charge on any atom is 0.241 e. The third-order valence-corrected chi connectivity index (χ3v) is 5.51. The summed E-state index contributed by atoms with van der Waals surface area (Å²) in [5.41, 5.74) is 3.43. The van der Waals surface area contributed by atoms with Gasteiger partial charge in [0.2, 0.25) is 23.5 Å². The maximum atomic E-state index is 12.7. The molecule has 4 rings (SSSR count). The molecule has 1 fully saturated rings. The number of nitrogens with one attached hydrogen (secondary N) is 2. The molecule has 2 heterocycles. The molecule has 0 aliphatic carbocycles. The molecule has 1 saturated heterocycles. The highest BCUT2D eigenvalue weighted by atomic mass is 16.5. The van der Waals surface area contributed by atoms with Crippen LogP contribution in [0.2, 0.25) is 0 Å². The molecule has 0 unspecified atom stereocenters. The van der Waals surface area contributed by atoms with Crippen molar-refractivity contribution >= 4 is 23.2 Å². The van der Waals surface area contributed by atoms with Crippen LogP contribution in [0.15, 0.2) is 53.1 Å². The Balaban J connectivity index is 1.28. The lowest BCUT2D eigenvalue weighted by Crippen LogP contribution is -2.37. The highest BCUT2D eigenvalue weighted by Gasteiger charge is 2.26. The van der Waals surface area contributed by atoms with Gasteiger partial charge in [-0.3, -0.25) is 14.5 Å². The molecule has 1 aliphatic heterocycles. The van der Waals surface area contributed by atoms with E-state index in [2.05, 4.69) is 25.7 Å². The van der Waals surface area contributed by atoms with E-state index in [1.165, 1.54) is 6.92 Å². The van der Waals surface area contributed by atoms with Crippen molar-refractivity contribution in [2.24, 2.45) is 5.92 Å². The molecular weight excluding hydrogens is 406 g/mol. The van der Waals surface area contributed by atoms with Crippen LogP contribution in [0.1, 0.15) is 31.2 Å². The number of amides is 2. The Morgan fingerprint density at radius 1 is 1.06 bits per heavy atom. The molecule has 32 heavy (non-hydrogen) atoms. The van der Waals surface area contributed by atoms with Gasteiger partial charge in [0, 0.05) is 29.8 Å². The molecule has 0 bridgehead atoms. The van der Waals surface area contributed by atoms with Gasteiger partial charge in [0.1, 0.15) is 0 Å². The topological polar surface area (TPSA) is 100 Å². The number of aromatic nitrogens is 2. The van der Waals surface area contributed by atoms with E-state index >= 15 is 0 Å². The molecule has 166 valence electrons. The van der Waals surface area contributed by atoms with Crippen LogP contribution in [-0.4, -0.2) is 39.9 Å². The van der Waals surface area contributed by atoms with Crippen molar-refractivity contribution < 1.29 is 14.1 Å². The molecule has 8 nitrogen and oxygen atoms in total. The van der Waals surface area contributed by atoms with Gasteiger partial charge in [-0.2, -0.15) is 4.98 Å². The number of carbonyl (C=O) groups is 2. The second kappa shape index (κ2) is 9.74. The fourth-order valence-corrected chi connectivity index (χ4v) is 3.89. The van der Waals surface area contributed by atoms with Crippen molar-refractivity contribution in [2.75, 3.05) is 23.7 Å². The second-order valence-corrected chi connectivity index (χ2v) is 8.18. The predicted octanol–water partition coefficient (Wildman–Crippen LogP) is 3.85. The van der Waals surface area contributed by atoms with Gasteiger partial charge in [-0.1, -0.05) is 35.0 Å². The van der Waals surface area contributed by atoms with E-state index in [1.54, 1.807) is 18.2 Å². The molecule has 3 aromatic rings. The average molecular weight is 434 g/mol. The Hall–Kier alpha value is -3.52. The Morgan fingerprint density at radius 3 is 2.50 bits per heavy atom. The first-order valence-electron chi connectivity index (χ1n) is 10.8. The third kappa shape index (κ3) is 5.59. The van der Waals surface area contributed by atoms with Gasteiger partial charge < -0.3 is 15.2 Å². The number of hydrogen-bond acceptors (Lipinski definition) is 6. The van der Waals surface area contributed by atoms with Crippen molar-refractivity contribution in [2.45, 2.75) is 33.2 Å². The van der Waals surface area contributed by atoms with Crippen LogP contribution in [0.4, 0.5) is 11.4 Å². The Morgan fingerprint density at radius 2 is 1.78 bits per heavy atom. The van der Waals surface area contributed by atoms with E-state index in [-0.39, 0.29) is 17.7 Å². The van der Waals surface area contributed by atoms with Gasteiger partial charge >= 0.3 is 0 Å². The number of rotatable bonds is 6. The highest BCUT2D eigenvalue weighted by Crippen LogP contribution is 2.23. The largest absolute Gasteiger partial charge is 0.338 e. The zero-order valence-corrected chi connectivity index (χ0v) is 18.3. The molecular formula is C24H27N5O3. The number of aryl methyl sites for hydroxylation is 1. The minimum absolute atomic E-state index is 0.00384. The van der Waals surface area contributed by atoms with Gasteiger partial charge in [0.05, 0.1) is 6.54 Å². The number of benzene rings is 2. The summed E-state index contributed by atoms with van der Waals surface area (Å²) in [5.74, 6) is 0.983. The van der Waals surface area contributed by atoms with E-state index in [0.717, 1.165) is 37.1 Å². The zero-order chi connectivity index (χ0) is 22.5. The first-order valence-corrected chi connectivity index (χ1v) is 10.8. The standard InChI is InChI=1S/C24H27N5O3/c1-16-5-3-6-19(13-16)23-27-22(32-28-23)15-29-11-9-18(10-12-29)24(31)26-21-8-4-7-20(14-21)25-17(2)30/h3-8,13-14,18H,9-12,15H2,1-2H3,(H,25,30)(H,26,31). The number of nitrogens with zero attached hydrogens (tertiary/aromatic N) is 3. The van der Waals surface area contributed by atoms with Gasteiger partial charge in [-0.15, -0.1) is 0 Å².